The summed E-state index contributed by atoms with van der Waals surface area (Å²) in [6.45, 7) is 4.60. The number of sulfonamides is 1. The second-order valence-electron chi connectivity index (χ2n) is 6.94. The van der Waals surface area contributed by atoms with Crippen LogP contribution in [0.4, 0.5) is 5.13 Å². The van der Waals surface area contributed by atoms with Gasteiger partial charge in [-0.2, -0.15) is 4.31 Å². The highest BCUT2D eigenvalue weighted by atomic mass is 32.2. The van der Waals surface area contributed by atoms with Crippen molar-refractivity contribution in [3.05, 3.63) is 34.8 Å². The van der Waals surface area contributed by atoms with Crippen molar-refractivity contribution in [1.82, 2.24) is 9.29 Å². The molecule has 1 aliphatic rings. The molecule has 0 radical (unpaired) electrons. The number of methoxy groups -OCH3 is 1. The quantitative estimate of drug-likeness (QED) is 0.550. The van der Waals surface area contributed by atoms with Crippen LogP contribution < -0.4 is 9.64 Å². The fraction of sp³-hybridized carbons (Fsp3) is 0.450. The zero-order valence-electron chi connectivity index (χ0n) is 17.7. The molecule has 168 valence electrons. The Morgan fingerprint density at radius 1 is 1.26 bits per heavy atom. The van der Waals surface area contributed by atoms with Crippen LogP contribution in [0.3, 0.4) is 0 Å². The number of ether oxygens (including phenoxy) is 2. The number of amides is 1. The first kappa shape index (κ1) is 23.2. The van der Waals surface area contributed by atoms with Gasteiger partial charge in [-0.3, -0.25) is 9.69 Å². The van der Waals surface area contributed by atoms with Gasteiger partial charge in [0.15, 0.2) is 5.13 Å². The number of thiazole rings is 1. The number of hydrogen-bond acceptors (Lipinski definition) is 8. The number of esters is 1. The van der Waals surface area contributed by atoms with E-state index >= 15 is 0 Å². The van der Waals surface area contributed by atoms with Gasteiger partial charge in [0.25, 0.3) is 0 Å². The number of carbonyl (C=O) groups excluding carboxylic acids is 2. The lowest BCUT2D eigenvalue weighted by molar-refractivity contribution is -0.116. The second-order valence-corrected chi connectivity index (χ2v) is 9.68. The maximum Gasteiger partial charge on any atom is 0.338 e. The highest BCUT2D eigenvalue weighted by Gasteiger charge is 2.31. The molecule has 1 fully saturated rings. The smallest absolute Gasteiger partial charge is 0.338 e. The van der Waals surface area contributed by atoms with E-state index in [0.717, 1.165) is 12.8 Å². The predicted octanol–water partition coefficient (Wildman–Crippen LogP) is 2.67. The molecule has 1 amide bonds. The van der Waals surface area contributed by atoms with Crippen LogP contribution in [0.2, 0.25) is 0 Å². The zero-order chi connectivity index (χ0) is 22.6. The summed E-state index contributed by atoms with van der Waals surface area (Å²) < 4.78 is 37.9. The minimum absolute atomic E-state index is 0.0534. The first-order chi connectivity index (χ1) is 14.8. The number of hydrogen-bond donors (Lipinski definition) is 0. The van der Waals surface area contributed by atoms with E-state index in [4.69, 9.17) is 9.47 Å². The number of nitrogens with zero attached hydrogens (tertiary/aromatic N) is 3. The minimum atomic E-state index is -3.77. The standard InChI is InChI=1S/C20H25N3O6S2/c1-4-23(14(2)24)20-21-16(13-30-20)12-29-19(25)15-7-8-17(28-3)18(11-15)31(26,27)22-9-5-6-10-22/h7-8,11,13H,4-6,9-10,12H2,1-3H3. The maximum absolute atomic E-state index is 13.0. The molecule has 1 saturated heterocycles. The molecule has 0 saturated carbocycles. The van der Waals surface area contributed by atoms with Crippen molar-refractivity contribution in [3.8, 4) is 5.75 Å². The van der Waals surface area contributed by atoms with E-state index in [-0.39, 0.29) is 28.7 Å². The average molecular weight is 468 g/mol. The molecular formula is C20H25N3O6S2. The van der Waals surface area contributed by atoms with Gasteiger partial charge in [0.1, 0.15) is 17.3 Å². The molecule has 0 spiro atoms. The SMILES string of the molecule is CCN(C(C)=O)c1nc(COC(=O)c2ccc(OC)c(S(=O)(=O)N3CCCC3)c2)cs1. The Balaban J connectivity index is 1.75. The molecule has 0 aliphatic carbocycles. The van der Waals surface area contributed by atoms with Gasteiger partial charge in [-0.15, -0.1) is 11.3 Å². The Morgan fingerprint density at radius 2 is 1.97 bits per heavy atom. The van der Waals surface area contributed by atoms with Crippen LogP contribution in [-0.2, 0) is 26.2 Å². The zero-order valence-corrected chi connectivity index (χ0v) is 19.3. The van der Waals surface area contributed by atoms with Gasteiger partial charge >= 0.3 is 5.97 Å². The average Bonchev–Trinajstić information content (AvgIpc) is 3.44. The molecule has 11 heteroatoms. The summed E-state index contributed by atoms with van der Waals surface area (Å²) in [6, 6.07) is 4.20. The van der Waals surface area contributed by atoms with E-state index in [1.54, 1.807) is 5.38 Å². The summed E-state index contributed by atoms with van der Waals surface area (Å²) in [5, 5.41) is 2.25. The van der Waals surface area contributed by atoms with Crippen molar-refractivity contribution in [1.29, 1.82) is 0 Å². The van der Waals surface area contributed by atoms with Gasteiger partial charge in [0.05, 0.1) is 18.4 Å². The molecule has 31 heavy (non-hydrogen) atoms. The van der Waals surface area contributed by atoms with Crippen LogP contribution in [0, 0.1) is 0 Å². The lowest BCUT2D eigenvalue weighted by Crippen LogP contribution is -2.28. The number of benzene rings is 1. The second kappa shape index (κ2) is 9.75. The third-order valence-corrected chi connectivity index (χ3v) is 7.73. The lowest BCUT2D eigenvalue weighted by atomic mass is 10.2. The Hall–Kier alpha value is -2.50. The number of rotatable bonds is 8. The summed E-state index contributed by atoms with van der Waals surface area (Å²) in [5.41, 5.74) is 0.611. The van der Waals surface area contributed by atoms with Gasteiger partial charge < -0.3 is 9.47 Å². The molecule has 0 N–H and O–H groups in total. The van der Waals surface area contributed by atoms with E-state index in [2.05, 4.69) is 4.98 Å². The highest BCUT2D eigenvalue weighted by molar-refractivity contribution is 7.89. The van der Waals surface area contributed by atoms with Crippen molar-refractivity contribution < 1.29 is 27.5 Å². The van der Waals surface area contributed by atoms with Crippen LogP contribution in [0.5, 0.6) is 5.75 Å². The first-order valence-electron chi connectivity index (χ1n) is 9.85. The Bertz CT molecular complexity index is 1060. The van der Waals surface area contributed by atoms with E-state index in [0.29, 0.717) is 30.5 Å². The number of anilines is 1. The van der Waals surface area contributed by atoms with Crippen molar-refractivity contribution in [3.63, 3.8) is 0 Å². The molecule has 0 atom stereocenters. The third-order valence-electron chi connectivity index (χ3n) is 4.90. The van der Waals surface area contributed by atoms with Crippen LogP contribution >= 0.6 is 11.3 Å². The molecular weight excluding hydrogens is 442 g/mol. The number of carbonyl (C=O) groups is 2. The molecule has 1 aromatic carbocycles. The first-order valence-corrected chi connectivity index (χ1v) is 12.2. The molecule has 0 bridgehead atoms. The fourth-order valence-corrected chi connectivity index (χ4v) is 5.89. The van der Waals surface area contributed by atoms with E-state index < -0.39 is 16.0 Å². The monoisotopic (exact) mass is 467 g/mol. The lowest BCUT2D eigenvalue weighted by Gasteiger charge is -2.18. The molecule has 1 aromatic heterocycles. The Kier molecular flexibility index (Phi) is 7.29. The van der Waals surface area contributed by atoms with E-state index in [9.17, 15) is 18.0 Å². The molecule has 2 aromatic rings. The van der Waals surface area contributed by atoms with Gasteiger partial charge in [-0.1, -0.05) is 0 Å². The van der Waals surface area contributed by atoms with Crippen molar-refractivity contribution in [2.45, 2.75) is 38.2 Å². The Labute approximate surface area is 185 Å². The van der Waals surface area contributed by atoms with E-state index in [1.807, 2.05) is 6.92 Å². The van der Waals surface area contributed by atoms with Gasteiger partial charge in [0, 0.05) is 31.9 Å². The largest absolute Gasteiger partial charge is 0.495 e. The molecule has 3 rings (SSSR count). The minimum Gasteiger partial charge on any atom is -0.495 e. The van der Waals surface area contributed by atoms with Crippen molar-refractivity contribution >= 4 is 38.4 Å². The molecule has 0 unspecified atom stereocenters. The molecule has 2 heterocycles. The highest BCUT2D eigenvalue weighted by Crippen LogP contribution is 2.30. The summed E-state index contributed by atoms with van der Waals surface area (Å²) >= 11 is 1.28. The molecule has 9 nitrogen and oxygen atoms in total. The van der Waals surface area contributed by atoms with Crippen molar-refractivity contribution in [2.24, 2.45) is 0 Å². The fourth-order valence-electron chi connectivity index (χ4n) is 3.27. The van der Waals surface area contributed by atoms with Gasteiger partial charge in [-0.25, -0.2) is 18.2 Å². The normalized spacial score (nSPS) is 14.4. The predicted molar refractivity (Wildman–Crippen MR) is 116 cm³/mol. The summed E-state index contributed by atoms with van der Waals surface area (Å²) in [4.78, 5) is 30.0. The van der Waals surface area contributed by atoms with Gasteiger partial charge in [0.2, 0.25) is 15.9 Å². The topological polar surface area (TPSA) is 106 Å². The van der Waals surface area contributed by atoms with Crippen molar-refractivity contribution in [2.75, 3.05) is 31.6 Å². The summed E-state index contributed by atoms with van der Waals surface area (Å²) in [6.07, 6.45) is 1.61. The number of aromatic nitrogens is 1. The van der Waals surface area contributed by atoms with Crippen LogP contribution in [-0.4, -0.2) is 56.3 Å². The van der Waals surface area contributed by atoms with Crippen LogP contribution in [0.1, 0.15) is 42.7 Å². The maximum atomic E-state index is 13.0. The molecule has 1 aliphatic heterocycles. The Morgan fingerprint density at radius 3 is 2.58 bits per heavy atom. The van der Waals surface area contributed by atoms with Gasteiger partial charge in [-0.05, 0) is 38.0 Å². The summed E-state index contributed by atoms with van der Waals surface area (Å²) in [7, 11) is -2.38. The van der Waals surface area contributed by atoms with E-state index in [1.165, 1.54) is 52.8 Å². The van der Waals surface area contributed by atoms with Crippen LogP contribution in [0.25, 0.3) is 0 Å². The summed E-state index contributed by atoms with van der Waals surface area (Å²) in [5.74, 6) is -0.615. The third kappa shape index (κ3) is 5.05. The van der Waals surface area contributed by atoms with Crippen LogP contribution in [0.15, 0.2) is 28.5 Å².